The van der Waals surface area contributed by atoms with Crippen LogP contribution in [0.15, 0.2) is 40.8 Å². The molecule has 34 heavy (non-hydrogen) atoms. The second kappa shape index (κ2) is 11.0. The number of methoxy groups -OCH3 is 3. The van der Waals surface area contributed by atoms with Gasteiger partial charge in [-0.3, -0.25) is 9.59 Å². The van der Waals surface area contributed by atoms with Crippen molar-refractivity contribution in [2.75, 3.05) is 41.0 Å². The van der Waals surface area contributed by atoms with Crippen molar-refractivity contribution in [3.63, 3.8) is 0 Å². The number of hydrogen-bond acceptors (Lipinski definition) is 7. The lowest BCUT2D eigenvalue weighted by atomic mass is 9.84. The van der Waals surface area contributed by atoms with E-state index in [4.69, 9.17) is 19.3 Å². The summed E-state index contributed by atoms with van der Waals surface area (Å²) in [5, 5.41) is 8.26. The highest BCUT2D eigenvalue weighted by molar-refractivity contribution is 7.12. The lowest BCUT2D eigenvalue weighted by molar-refractivity contribution is -0.146. The second-order valence-electron chi connectivity index (χ2n) is 8.48. The molecule has 2 heterocycles. The van der Waals surface area contributed by atoms with Gasteiger partial charge in [-0.05, 0) is 42.0 Å². The SMILES string of the molecule is COCCN(CC(=O)N1N=C(c2cccs2)CC1c1ccc(OC)c(OC)c1)C(=O)C1CCC1. The van der Waals surface area contributed by atoms with E-state index in [2.05, 4.69) is 0 Å². The van der Waals surface area contributed by atoms with Crippen LogP contribution in [0.25, 0.3) is 0 Å². The van der Waals surface area contributed by atoms with Gasteiger partial charge in [-0.25, -0.2) is 5.01 Å². The summed E-state index contributed by atoms with van der Waals surface area (Å²) >= 11 is 1.59. The maximum absolute atomic E-state index is 13.6. The van der Waals surface area contributed by atoms with E-state index in [0.717, 1.165) is 35.4 Å². The summed E-state index contributed by atoms with van der Waals surface area (Å²) in [4.78, 5) is 29.2. The van der Waals surface area contributed by atoms with Crippen LogP contribution in [0.3, 0.4) is 0 Å². The van der Waals surface area contributed by atoms with Gasteiger partial charge in [0.1, 0.15) is 6.54 Å². The quantitative estimate of drug-likeness (QED) is 0.512. The summed E-state index contributed by atoms with van der Waals surface area (Å²) in [6, 6.07) is 9.34. The zero-order valence-corrected chi connectivity index (χ0v) is 20.7. The highest BCUT2D eigenvalue weighted by Gasteiger charge is 2.36. The number of benzene rings is 1. The summed E-state index contributed by atoms with van der Waals surface area (Å²) in [6.07, 6.45) is 3.41. The van der Waals surface area contributed by atoms with Gasteiger partial charge in [0.2, 0.25) is 5.91 Å². The minimum absolute atomic E-state index is 0.00932. The van der Waals surface area contributed by atoms with E-state index in [-0.39, 0.29) is 30.3 Å². The molecule has 9 heteroatoms. The van der Waals surface area contributed by atoms with Crippen LogP contribution in [0.5, 0.6) is 11.5 Å². The van der Waals surface area contributed by atoms with Gasteiger partial charge in [-0.2, -0.15) is 5.10 Å². The van der Waals surface area contributed by atoms with Crippen LogP contribution >= 0.6 is 11.3 Å². The molecule has 1 aliphatic heterocycles. The van der Waals surface area contributed by atoms with Crippen molar-refractivity contribution in [3.8, 4) is 11.5 Å². The van der Waals surface area contributed by atoms with Crippen LogP contribution in [-0.4, -0.2) is 68.5 Å². The Morgan fingerprint density at radius 1 is 1.15 bits per heavy atom. The van der Waals surface area contributed by atoms with Gasteiger partial charge >= 0.3 is 0 Å². The number of hydrogen-bond donors (Lipinski definition) is 0. The zero-order valence-electron chi connectivity index (χ0n) is 19.9. The zero-order chi connectivity index (χ0) is 24.1. The molecule has 0 N–H and O–H groups in total. The Labute approximate surface area is 204 Å². The molecule has 1 aromatic carbocycles. The third-order valence-corrected chi connectivity index (χ3v) is 7.34. The van der Waals surface area contributed by atoms with Crippen LogP contribution in [-0.2, 0) is 14.3 Å². The monoisotopic (exact) mass is 485 g/mol. The predicted molar refractivity (Wildman–Crippen MR) is 130 cm³/mol. The molecular weight excluding hydrogens is 454 g/mol. The molecule has 1 atom stereocenters. The Balaban J connectivity index is 1.60. The first-order valence-electron chi connectivity index (χ1n) is 11.5. The highest BCUT2D eigenvalue weighted by atomic mass is 32.1. The van der Waals surface area contributed by atoms with Crippen LogP contribution in [0.2, 0.25) is 0 Å². The van der Waals surface area contributed by atoms with Gasteiger partial charge < -0.3 is 19.1 Å². The largest absolute Gasteiger partial charge is 0.493 e. The third kappa shape index (κ3) is 5.10. The summed E-state index contributed by atoms with van der Waals surface area (Å²) in [5.74, 6) is 1.04. The Hall–Kier alpha value is -2.91. The summed E-state index contributed by atoms with van der Waals surface area (Å²) in [7, 11) is 4.78. The Kier molecular flexibility index (Phi) is 7.84. The number of carbonyl (C=O) groups is 2. The van der Waals surface area contributed by atoms with Crippen molar-refractivity contribution < 1.29 is 23.8 Å². The third-order valence-electron chi connectivity index (χ3n) is 6.42. The number of rotatable bonds is 10. The standard InChI is InChI=1S/C25H31N3O5S/c1-31-12-11-27(25(30)17-6-4-7-17)16-24(29)28-20(15-19(26-28)23-8-5-13-34-23)18-9-10-21(32-2)22(14-18)33-3/h5,8-10,13-14,17,20H,4,6-7,11-12,15-16H2,1-3H3. The van der Waals surface area contributed by atoms with Crippen LogP contribution in [0, 0.1) is 5.92 Å². The first-order valence-corrected chi connectivity index (χ1v) is 12.4. The second-order valence-corrected chi connectivity index (χ2v) is 9.42. The molecule has 182 valence electrons. The first kappa shape index (κ1) is 24.2. The van der Waals surface area contributed by atoms with E-state index in [1.54, 1.807) is 37.6 Å². The van der Waals surface area contributed by atoms with Gasteiger partial charge in [-0.15, -0.1) is 11.3 Å². The molecule has 1 aromatic heterocycles. The fourth-order valence-corrected chi connectivity index (χ4v) is 4.99. The van der Waals surface area contributed by atoms with Gasteiger partial charge in [0, 0.05) is 26.0 Å². The molecule has 8 nitrogen and oxygen atoms in total. The van der Waals surface area contributed by atoms with Gasteiger partial charge in [0.15, 0.2) is 11.5 Å². The van der Waals surface area contributed by atoms with Gasteiger partial charge in [-0.1, -0.05) is 18.6 Å². The molecule has 1 saturated carbocycles. The maximum atomic E-state index is 13.6. The molecule has 0 saturated heterocycles. The highest BCUT2D eigenvalue weighted by Crippen LogP contribution is 2.38. The fourth-order valence-electron chi connectivity index (χ4n) is 4.27. The lowest BCUT2D eigenvalue weighted by Gasteiger charge is -2.32. The molecule has 4 rings (SSSR count). The van der Waals surface area contributed by atoms with Crippen molar-refractivity contribution in [2.24, 2.45) is 11.0 Å². The van der Waals surface area contributed by atoms with E-state index < -0.39 is 0 Å². The van der Waals surface area contributed by atoms with Crippen LogP contribution < -0.4 is 9.47 Å². The van der Waals surface area contributed by atoms with Crippen molar-refractivity contribution in [1.29, 1.82) is 0 Å². The van der Waals surface area contributed by atoms with Crippen LogP contribution in [0.1, 0.15) is 42.2 Å². The van der Waals surface area contributed by atoms with E-state index in [9.17, 15) is 9.59 Å². The Morgan fingerprint density at radius 3 is 2.56 bits per heavy atom. The van der Waals surface area contributed by atoms with Crippen molar-refractivity contribution in [3.05, 3.63) is 46.2 Å². The Bertz CT molecular complexity index is 1040. The molecular formula is C25H31N3O5S. The number of hydrazone groups is 1. The number of amides is 2. The predicted octanol–water partition coefficient (Wildman–Crippen LogP) is 3.72. The summed E-state index contributed by atoms with van der Waals surface area (Å²) in [6.45, 7) is 0.742. The van der Waals surface area contributed by atoms with E-state index in [1.165, 1.54) is 5.01 Å². The van der Waals surface area contributed by atoms with Crippen molar-refractivity contribution in [1.82, 2.24) is 9.91 Å². The van der Waals surface area contributed by atoms with Crippen LogP contribution in [0.4, 0.5) is 0 Å². The first-order chi connectivity index (χ1) is 16.5. The molecule has 1 fully saturated rings. The molecule has 0 radical (unpaired) electrons. The van der Waals surface area contributed by atoms with Gasteiger partial charge in [0.05, 0.1) is 37.5 Å². The molecule has 2 amide bonds. The molecule has 2 aliphatic rings. The van der Waals surface area contributed by atoms with E-state index >= 15 is 0 Å². The summed E-state index contributed by atoms with van der Waals surface area (Å²) in [5.41, 5.74) is 1.76. The topological polar surface area (TPSA) is 80.7 Å². The van der Waals surface area contributed by atoms with Crippen molar-refractivity contribution >= 4 is 28.9 Å². The average Bonchev–Trinajstić information content (AvgIpc) is 3.50. The molecule has 0 spiro atoms. The van der Waals surface area contributed by atoms with E-state index in [1.807, 2.05) is 35.7 Å². The summed E-state index contributed by atoms with van der Waals surface area (Å²) < 4.78 is 16.1. The van der Waals surface area contributed by atoms with E-state index in [0.29, 0.717) is 31.1 Å². The minimum Gasteiger partial charge on any atom is -0.493 e. The maximum Gasteiger partial charge on any atom is 0.262 e. The minimum atomic E-state index is -0.299. The fraction of sp³-hybridized carbons (Fsp3) is 0.480. The number of thiophene rings is 1. The Morgan fingerprint density at radius 2 is 1.94 bits per heavy atom. The number of ether oxygens (including phenoxy) is 3. The number of nitrogens with zero attached hydrogens (tertiary/aromatic N) is 3. The van der Waals surface area contributed by atoms with Crippen molar-refractivity contribution in [2.45, 2.75) is 31.7 Å². The normalized spacial score (nSPS) is 17.8. The molecule has 1 aliphatic carbocycles. The lowest BCUT2D eigenvalue weighted by Crippen LogP contribution is -2.46. The molecule has 1 unspecified atom stereocenters. The number of carbonyl (C=O) groups excluding carboxylic acids is 2. The molecule has 2 aromatic rings. The smallest absolute Gasteiger partial charge is 0.262 e. The average molecular weight is 486 g/mol. The van der Waals surface area contributed by atoms with Gasteiger partial charge in [0.25, 0.3) is 5.91 Å². The molecule has 0 bridgehead atoms.